The zero-order valence-electron chi connectivity index (χ0n) is 18.8. The van der Waals surface area contributed by atoms with Gasteiger partial charge in [0.1, 0.15) is 23.4 Å². The molecule has 2 aromatic rings. The summed E-state index contributed by atoms with van der Waals surface area (Å²) in [5.41, 5.74) is -0.629. The molecule has 2 aromatic carbocycles. The van der Waals surface area contributed by atoms with Gasteiger partial charge in [-0.15, -0.1) is 0 Å². The smallest absolute Gasteiger partial charge is 0.241 e. The van der Waals surface area contributed by atoms with Crippen molar-refractivity contribution in [2.75, 3.05) is 12.6 Å². The summed E-state index contributed by atoms with van der Waals surface area (Å²) in [6.07, 6.45) is 1.01. The van der Waals surface area contributed by atoms with Crippen LogP contribution in [0.15, 0.2) is 36.4 Å². The summed E-state index contributed by atoms with van der Waals surface area (Å²) in [4.78, 5) is 14.4. The molecule has 11 heteroatoms. The van der Waals surface area contributed by atoms with Crippen LogP contribution in [0, 0.1) is 40.1 Å². The Morgan fingerprint density at radius 3 is 2.46 bits per heavy atom. The first-order valence-electron chi connectivity index (χ1n) is 11.0. The molecule has 0 unspecified atom stereocenters. The summed E-state index contributed by atoms with van der Waals surface area (Å²) in [7, 11) is -4.30. The Hall–Kier alpha value is -2.97. The topological polar surface area (TPSA) is 90.3 Å². The van der Waals surface area contributed by atoms with E-state index in [0.717, 1.165) is 12.1 Å². The third-order valence-corrected chi connectivity index (χ3v) is 7.70. The Bertz CT molecular complexity index is 1290. The van der Waals surface area contributed by atoms with Gasteiger partial charge in [0.05, 0.1) is 12.1 Å². The Kier molecular flexibility index (Phi) is 6.64. The van der Waals surface area contributed by atoms with Gasteiger partial charge in [0.25, 0.3) is 0 Å². The van der Waals surface area contributed by atoms with Crippen LogP contribution in [0.1, 0.15) is 25.3 Å². The normalized spacial score (nSPS) is 21.7. The van der Waals surface area contributed by atoms with Crippen molar-refractivity contribution in [3.8, 4) is 17.2 Å². The number of nitriles is 1. The van der Waals surface area contributed by atoms with Crippen molar-refractivity contribution in [3.63, 3.8) is 0 Å². The zero-order chi connectivity index (χ0) is 25.5. The van der Waals surface area contributed by atoms with Crippen LogP contribution in [0.2, 0.25) is 0 Å². The number of hydrogen-bond acceptors (Lipinski definition) is 4. The van der Waals surface area contributed by atoms with E-state index in [1.807, 2.05) is 6.07 Å². The van der Waals surface area contributed by atoms with Crippen molar-refractivity contribution in [3.05, 3.63) is 59.4 Å². The molecule has 1 spiro atoms. The number of likely N-dealkylation sites (tertiary alicyclic amines) is 1. The summed E-state index contributed by atoms with van der Waals surface area (Å²) in [6, 6.07) is 5.37. The van der Waals surface area contributed by atoms with Gasteiger partial charge < -0.3 is 4.90 Å². The molecule has 0 bridgehead atoms. The van der Waals surface area contributed by atoms with Gasteiger partial charge in [0.2, 0.25) is 21.9 Å². The van der Waals surface area contributed by atoms with Gasteiger partial charge in [-0.2, -0.15) is 5.26 Å². The monoisotopic (exact) mass is 509 g/mol. The third-order valence-electron chi connectivity index (χ3n) is 6.80. The molecule has 1 N–H and O–H groups in total. The molecule has 35 heavy (non-hydrogen) atoms. The average Bonchev–Trinajstić information content (AvgIpc) is 3.54. The lowest BCUT2D eigenvalue weighted by Gasteiger charge is -2.30. The minimum atomic E-state index is -4.30. The molecule has 0 aromatic heterocycles. The maximum absolute atomic E-state index is 15.6. The zero-order valence-corrected chi connectivity index (χ0v) is 19.6. The summed E-state index contributed by atoms with van der Waals surface area (Å²) >= 11 is 0. The fraction of sp³-hybridized carbons (Fsp3) is 0.417. The lowest BCUT2D eigenvalue weighted by atomic mass is 9.91. The van der Waals surface area contributed by atoms with E-state index >= 15 is 4.39 Å². The SMILES string of the molecule is C[C@@H](C#N)C(=O)N1CC2(CC2)[C@H](NS(=O)(=O)CF)[C@@H]1Cc1cccc(-c2cc(F)cc(F)c2)c1F. The van der Waals surface area contributed by atoms with E-state index in [0.29, 0.717) is 18.9 Å². The van der Waals surface area contributed by atoms with Crippen LogP contribution < -0.4 is 4.72 Å². The molecule has 0 radical (unpaired) electrons. The second-order valence-electron chi connectivity index (χ2n) is 9.21. The Balaban J connectivity index is 1.75. The second kappa shape index (κ2) is 9.24. The number of benzene rings is 2. The molecule has 1 aliphatic carbocycles. The molecule has 3 atom stereocenters. The van der Waals surface area contributed by atoms with E-state index in [-0.39, 0.29) is 29.7 Å². The number of alkyl halides is 1. The highest BCUT2D eigenvalue weighted by molar-refractivity contribution is 7.89. The lowest BCUT2D eigenvalue weighted by molar-refractivity contribution is -0.134. The van der Waals surface area contributed by atoms with Crippen LogP contribution in [0.5, 0.6) is 0 Å². The molecular formula is C24H23F4N3O3S. The number of carbonyl (C=O) groups is 1. The quantitative estimate of drug-likeness (QED) is 0.577. The molecule has 1 heterocycles. The van der Waals surface area contributed by atoms with Gasteiger partial charge in [0.15, 0.2) is 0 Å². The van der Waals surface area contributed by atoms with E-state index in [2.05, 4.69) is 4.72 Å². The number of nitrogens with one attached hydrogen (secondary N) is 1. The van der Waals surface area contributed by atoms with Crippen LogP contribution in [0.3, 0.4) is 0 Å². The first kappa shape index (κ1) is 25.1. The predicted molar refractivity (Wildman–Crippen MR) is 119 cm³/mol. The Morgan fingerprint density at radius 1 is 1.23 bits per heavy atom. The Morgan fingerprint density at radius 2 is 1.89 bits per heavy atom. The minimum absolute atomic E-state index is 0.0207. The molecule has 2 aliphatic rings. The number of amides is 1. The summed E-state index contributed by atoms with van der Waals surface area (Å²) in [5.74, 6) is -4.08. The highest BCUT2D eigenvalue weighted by Crippen LogP contribution is 2.55. The summed E-state index contributed by atoms with van der Waals surface area (Å²) < 4.78 is 82.8. The van der Waals surface area contributed by atoms with E-state index < -0.39 is 62.8 Å². The first-order chi connectivity index (χ1) is 16.5. The number of nitrogens with zero attached hydrogens (tertiary/aromatic N) is 2. The van der Waals surface area contributed by atoms with Gasteiger partial charge in [-0.3, -0.25) is 4.79 Å². The van der Waals surface area contributed by atoms with Gasteiger partial charge in [-0.1, -0.05) is 18.2 Å². The van der Waals surface area contributed by atoms with Crippen molar-refractivity contribution in [1.82, 2.24) is 9.62 Å². The molecular weight excluding hydrogens is 486 g/mol. The van der Waals surface area contributed by atoms with Gasteiger partial charge in [-0.05, 0) is 49.4 Å². The molecule has 4 rings (SSSR count). The fourth-order valence-electron chi connectivity index (χ4n) is 4.87. The van der Waals surface area contributed by atoms with E-state index in [9.17, 15) is 31.6 Å². The molecule has 1 saturated heterocycles. The number of rotatable bonds is 7. The highest BCUT2D eigenvalue weighted by atomic mass is 32.2. The van der Waals surface area contributed by atoms with Crippen molar-refractivity contribution >= 4 is 15.9 Å². The number of sulfonamides is 1. The van der Waals surface area contributed by atoms with Crippen LogP contribution in [-0.4, -0.2) is 43.9 Å². The van der Waals surface area contributed by atoms with E-state index in [1.165, 1.54) is 30.0 Å². The summed E-state index contributed by atoms with van der Waals surface area (Å²) in [6.45, 7) is 1.57. The van der Waals surface area contributed by atoms with Crippen LogP contribution in [0.4, 0.5) is 17.6 Å². The number of carbonyl (C=O) groups excluding carboxylic acids is 1. The van der Waals surface area contributed by atoms with Crippen molar-refractivity contribution < 1.29 is 30.8 Å². The molecule has 2 fully saturated rings. The molecule has 1 aliphatic heterocycles. The van der Waals surface area contributed by atoms with E-state index in [1.54, 1.807) is 0 Å². The predicted octanol–water partition coefficient (Wildman–Crippen LogP) is 3.68. The van der Waals surface area contributed by atoms with Crippen molar-refractivity contribution in [2.24, 2.45) is 11.3 Å². The fourth-order valence-corrected chi connectivity index (χ4v) is 5.73. The maximum Gasteiger partial charge on any atom is 0.241 e. The van der Waals surface area contributed by atoms with Crippen LogP contribution >= 0.6 is 0 Å². The first-order valence-corrected chi connectivity index (χ1v) is 12.7. The van der Waals surface area contributed by atoms with Crippen LogP contribution in [-0.2, 0) is 21.2 Å². The average molecular weight is 510 g/mol. The van der Waals surface area contributed by atoms with Crippen molar-refractivity contribution in [1.29, 1.82) is 5.26 Å². The van der Waals surface area contributed by atoms with E-state index in [4.69, 9.17) is 0 Å². The van der Waals surface area contributed by atoms with Gasteiger partial charge >= 0.3 is 0 Å². The third kappa shape index (κ3) is 4.90. The molecule has 1 amide bonds. The molecule has 186 valence electrons. The molecule has 1 saturated carbocycles. The number of hydrogen-bond donors (Lipinski definition) is 1. The summed E-state index contributed by atoms with van der Waals surface area (Å²) in [5, 5.41) is 9.25. The largest absolute Gasteiger partial charge is 0.336 e. The lowest BCUT2D eigenvalue weighted by Crippen LogP contribution is -2.50. The number of halogens is 4. The maximum atomic E-state index is 15.6. The second-order valence-corrected chi connectivity index (χ2v) is 10.9. The van der Waals surface area contributed by atoms with Crippen molar-refractivity contribution in [2.45, 2.75) is 38.3 Å². The van der Waals surface area contributed by atoms with Gasteiger partial charge in [0, 0.05) is 29.6 Å². The molecule has 6 nitrogen and oxygen atoms in total. The standard InChI is InChI=1S/C24H23F4N3O3S/c1-14(11-29)23(32)31-12-24(5-6-24)22(30-35(33,34)13-25)20(31)9-15-3-2-4-19(21(15)28)16-7-17(26)10-18(27)8-16/h2-4,7-8,10,14,20,22,30H,5-6,9,12-13H2,1H3/t14-,20-,22+/m0/s1. The van der Waals surface area contributed by atoms with Crippen LogP contribution in [0.25, 0.3) is 11.1 Å². The van der Waals surface area contributed by atoms with Gasteiger partial charge in [-0.25, -0.2) is 30.7 Å². The highest BCUT2D eigenvalue weighted by Gasteiger charge is 2.61. The Labute approximate surface area is 200 Å². The minimum Gasteiger partial charge on any atom is -0.336 e.